The lowest BCUT2D eigenvalue weighted by molar-refractivity contribution is 0.415. The lowest BCUT2D eigenvalue weighted by Crippen LogP contribution is -2.56. The van der Waals surface area contributed by atoms with Crippen molar-refractivity contribution in [3.05, 3.63) is 30.5 Å². The first kappa shape index (κ1) is 11.3. The first-order valence-corrected chi connectivity index (χ1v) is 6.16. The molecule has 0 spiro atoms. The van der Waals surface area contributed by atoms with Gasteiger partial charge >= 0.3 is 0 Å². The second-order valence-corrected chi connectivity index (χ2v) is 4.64. The molecule has 0 radical (unpaired) electrons. The van der Waals surface area contributed by atoms with Crippen molar-refractivity contribution < 1.29 is 4.74 Å². The van der Waals surface area contributed by atoms with Crippen molar-refractivity contribution in [2.24, 2.45) is 0 Å². The van der Waals surface area contributed by atoms with Crippen LogP contribution in [0.2, 0.25) is 0 Å². The molecule has 0 bridgehead atoms. The predicted molar refractivity (Wildman–Crippen MR) is 73.4 cm³/mol. The fourth-order valence-electron chi connectivity index (χ4n) is 2.26. The summed E-state index contributed by atoms with van der Waals surface area (Å²) in [7, 11) is 3.80. The van der Waals surface area contributed by atoms with Crippen LogP contribution in [-0.2, 0) is 0 Å². The van der Waals surface area contributed by atoms with E-state index < -0.39 is 0 Å². The van der Waals surface area contributed by atoms with E-state index in [1.165, 1.54) is 5.39 Å². The quantitative estimate of drug-likeness (QED) is 0.889. The molecule has 1 aliphatic heterocycles. The van der Waals surface area contributed by atoms with Crippen LogP contribution in [0.15, 0.2) is 30.5 Å². The summed E-state index contributed by atoms with van der Waals surface area (Å²) in [5.41, 5.74) is 0. The Kier molecular flexibility index (Phi) is 2.80. The Bertz CT molecular complexity index is 566. The number of aromatic nitrogens is 1. The van der Waals surface area contributed by atoms with Crippen molar-refractivity contribution in [1.82, 2.24) is 10.3 Å². The molecule has 0 aliphatic carbocycles. The molecule has 0 amide bonds. The van der Waals surface area contributed by atoms with Crippen LogP contribution in [0.4, 0.5) is 5.82 Å². The maximum absolute atomic E-state index is 5.30. The number of hydrogen-bond donors (Lipinski definition) is 1. The highest BCUT2D eigenvalue weighted by atomic mass is 16.5. The Morgan fingerprint density at radius 3 is 2.83 bits per heavy atom. The molecule has 4 nitrogen and oxygen atoms in total. The highest BCUT2D eigenvalue weighted by molar-refractivity contribution is 5.93. The average Bonchev–Trinajstić information content (AvgIpc) is 2.35. The van der Waals surface area contributed by atoms with Gasteiger partial charge in [0.25, 0.3) is 0 Å². The van der Waals surface area contributed by atoms with Gasteiger partial charge in [0.05, 0.1) is 13.2 Å². The number of fused-ring (bicyclic) bond motifs is 1. The summed E-state index contributed by atoms with van der Waals surface area (Å²) < 4.78 is 5.30. The summed E-state index contributed by atoms with van der Waals surface area (Å²) in [6, 6.07) is 8.68. The molecule has 2 heterocycles. The van der Waals surface area contributed by atoms with Gasteiger partial charge < -0.3 is 15.0 Å². The Morgan fingerprint density at radius 2 is 2.17 bits per heavy atom. The highest BCUT2D eigenvalue weighted by Gasteiger charge is 2.23. The van der Waals surface area contributed by atoms with Crippen molar-refractivity contribution in [2.75, 3.05) is 32.1 Å². The zero-order chi connectivity index (χ0) is 12.5. The van der Waals surface area contributed by atoms with Crippen LogP contribution in [0.25, 0.3) is 10.8 Å². The first-order valence-electron chi connectivity index (χ1n) is 6.16. The summed E-state index contributed by atoms with van der Waals surface area (Å²) in [6.07, 6.45) is 1.87. The number of nitrogens with zero attached hydrogens (tertiary/aromatic N) is 2. The van der Waals surface area contributed by atoms with Crippen LogP contribution < -0.4 is 15.0 Å². The lowest BCUT2D eigenvalue weighted by atomic mass is 10.1. The minimum absolute atomic E-state index is 0.536. The van der Waals surface area contributed by atoms with Crippen LogP contribution >= 0.6 is 0 Å². The van der Waals surface area contributed by atoms with Crippen molar-refractivity contribution in [2.45, 2.75) is 6.04 Å². The number of pyridine rings is 1. The summed E-state index contributed by atoms with van der Waals surface area (Å²) in [6.45, 7) is 2.05. The molecule has 94 valence electrons. The van der Waals surface area contributed by atoms with E-state index in [2.05, 4.69) is 34.4 Å². The van der Waals surface area contributed by atoms with E-state index in [4.69, 9.17) is 4.74 Å². The van der Waals surface area contributed by atoms with E-state index in [1.807, 2.05) is 18.3 Å². The van der Waals surface area contributed by atoms with Gasteiger partial charge in [-0.05, 0) is 23.6 Å². The van der Waals surface area contributed by atoms with Gasteiger partial charge in [-0.3, -0.25) is 0 Å². The van der Waals surface area contributed by atoms with Crippen LogP contribution in [0, 0.1) is 0 Å². The van der Waals surface area contributed by atoms with Gasteiger partial charge in [-0.15, -0.1) is 0 Å². The van der Waals surface area contributed by atoms with Gasteiger partial charge in [0.2, 0.25) is 0 Å². The maximum atomic E-state index is 5.30. The standard InChI is InChI=1S/C14H17N3O/c1-17(11-8-15-9-11)14-13-7-12(18-2)4-3-10(13)5-6-16-14/h3-7,11,15H,8-9H2,1-2H3. The largest absolute Gasteiger partial charge is 0.497 e. The van der Waals surface area contributed by atoms with Crippen molar-refractivity contribution in [3.8, 4) is 5.75 Å². The molecule has 1 N–H and O–H groups in total. The van der Waals surface area contributed by atoms with Gasteiger partial charge in [-0.2, -0.15) is 0 Å². The summed E-state index contributed by atoms with van der Waals surface area (Å²) in [4.78, 5) is 6.78. The topological polar surface area (TPSA) is 37.4 Å². The molecule has 3 rings (SSSR count). The minimum atomic E-state index is 0.536. The number of benzene rings is 1. The fraction of sp³-hybridized carbons (Fsp3) is 0.357. The fourth-order valence-corrected chi connectivity index (χ4v) is 2.26. The molecular weight excluding hydrogens is 226 g/mol. The summed E-state index contributed by atoms with van der Waals surface area (Å²) in [5, 5.41) is 5.63. The third-order valence-electron chi connectivity index (χ3n) is 3.59. The smallest absolute Gasteiger partial charge is 0.136 e. The SMILES string of the molecule is COc1ccc2ccnc(N(C)C3CNC3)c2c1. The molecule has 1 aromatic heterocycles. The minimum Gasteiger partial charge on any atom is -0.497 e. The zero-order valence-corrected chi connectivity index (χ0v) is 10.7. The lowest BCUT2D eigenvalue weighted by Gasteiger charge is -2.36. The monoisotopic (exact) mass is 243 g/mol. The Balaban J connectivity index is 2.09. The van der Waals surface area contributed by atoms with Crippen LogP contribution in [-0.4, -0.2) is 38.3 Å². The third-order valence-corrected chi connectivity index (χ3v) is 3.59. The Morgan fingerprint density at radius 1 is 1.33 bits per heavy atom. The van der Waals surface area contributed by atoms with Gasteiger partial charge in [0, 0.05) is 31.7 Å². The van der Waals surface area contributed by atoms with E-state index in [0.29, 0.717) is 6.04 Å². The van der Waals surface area contributed by atoms with E-state index in [1.54, 1.807) is 7.11 Å². The van der Waals surface area contributed by atoms with Crippen molar-refractivity contribution in [3.63, 3.8) is 0 Å². The normalized spacial score (nSPS) is 15.4. The molecule has 0 atom stereocenters. The molecule has 1 fully saturated rings. The van der Waals surface area contributed by atoms with Gasteiger partial charge in [0.15, 0.2) is 0 Å². The summed E-state index contributed by atoms with van der Waals surface area (Å²) in [5.74, 6) is 1.90. The number of methoxy groups -OCH3 is 1. The predicted octanol–water partition coefficient (Wildman–Crippen LogP) is 1.65. The molecule has 1 aliphatic rings. The number of nitrogens with one attached hydrogen (secondary N) is 1. The molecule has 0 unspecified atom stereocenters. The van der Waals surface area contributed by atoms with Gasteiger partial charge in [-0.1, -0.05) is 6.07 Å². The van der Waals surface area contributed by atoms with Crippen LogP contribution in [0.1, 0.15) is 0 Å². The van der Waals surface area contributed by atoms with E-state index in [9.17, 15) is 0 Å². The van der Waals surface area contributed by atoms with Gasteiger partial charge in [0.1, 0.15) is 11.6 Å². The van der Waals surface area contributed by atoms with Crippen LogP contribution in [0.3, 0.4) is 0 Å². The molecule has 0 saturated carbocycles. The summed E-state index contributed by atoms with van der Waals surface area (Å²) >= 11 is 0. The van der Waals surface area contributed by atoms with E-state index in [0.717, 1.165) is 30.0 Å². The second kappa shape index (κ2) is 4.46. The number of ether oxygens (including phenoxy) is 1. The molecular formula is C14H17N3O. The van der Waals surface area contributed by atoms with E-state index >= 15 is 0 Å². The number of anilines is 1. The second-order valence-electron chi connectivity index (χ2n) is 4.64. The van der Waals surface area contributed by atoms with Crippen LogP contribution in [0.5, 0.6) is 5.75 Å². The maximum Gasteiger partial charge on any atom is 0.136 e. The Labute approximate surface area is 107 Å². The molecule has 18 heavy (non-hydrogen) atoms. The van der Waals surface area contributed by atoms with Crippen molar-refractivity contribution in [1.29, 1.82) is 0 Å². The zero-order valence-electron chi connectivity index (χ0n) is 10.7. The van der Waals surface area contributed by atoms with Crippen molar-refractivity contribution >= 4 is 16.6 Å². The molecule has 4 heteroatoms. The number of likely N-dealkylation sites (N-methyl/N-ethyl adjacent to an activating group) is 1. The first-order chi connectivity index (χ1) is 8.79. The Hall–Kier alpha value is -1.81. The van der Waals surface area contributed by atoms with Gasteiger partial charge in [-0.25, -0.2) is 4.98 Å². The third kappa shape index (κ3) is 1.78. The average molecular weight is 243 g/mol. The number of hydrogen-bond acceptors (Lipinski definition) is 4. The molecule has 2 aromatic rings. The molecule has 1 saturated heterocycles. The molecule has 1 aromatic carbocycles. The highest BCUT2D eigenvalue weighted by Crippen LogP contribution is 2.28. The van der Waals surface area contributed by atoms with E-state index in [-0.39, 0.29) is 0 Å². The number of rotatable bonds is 3.